The number of anilines is 1. The molecule has 0 saturated heterocycles. The van der Waals surface area contributed by atoms with Gasteiger partial charge in [0.25, 0.3) is 0 Å². The molecular formula is C13H23N3O3. The first-order valence-electron chi connectivity index (χ1n) is 6.46. The van der Waals surface area contributed by atoms with Crippen LogP contribution in [0.3, 0.4) is 0 Å². The number of hydrogen-bond acceptors (Lipinski definition) is 4. The molecule has 1 rings (SSSR count). The molecule has 1 aromatic rings. The molecule has 0 aromatic carbocycles. The number of carbonyl (C=O) groups is 1. The minimum absolute atomic E-state index is 0.225. The minimum Gasteiger partial charge on any atom is -0.477 e. The Morgan fingerprint density at radius 1 is 1.58 bits per heavy atom. The lowest BCUT2D eigenvalue weighted by Gasteiger charge is -2.30. The highest BCUT2D eigenvalue weighted by Crippen LogP contribution is 2.25. The van der Waals surface area contributed by atoms with Gasteiger partial charge in [-0.25, -0.2) is 4.79 Å². The van der Waals surface area contributed by atoms with E-state index in [1.807, 2.05) is 4.90 Å². The number of aromatic nitrogens is 2. The van der Waals surface area contributed by atoms with Crippen molar-refractivity contribution in [3.05, 3.63) is 11.3 Å². The van der Waals surface area contributed by atoms with Crippen molar-refractivity contribution in [1.29, 1.82) is 0 Å². The second-order valence-corrected chi connectivity index (χ2v) is 4.66. The standard InChI is InChI=1S/C13H23N3O3/c1-6-9(2)16(7-8-19-5)12-11(13(17)18)10(3)14-15(12)4/h9H,6-8H2,1-5H3,(H,17,18). The first kappa shape index (κ1) is 15.5. The van der Waals surface area contributed by atoms with Crippen LogP contribution in [0.4, 0.5) is 5.82 Å². The zero-order valence-corrected chi connectivity index (χ0v) is 12.3. The zero-order valence-electron chi connectivity index (χ0n) is 12.3. The number of carboxylic acids is 1. The van der Waals surface area contributed by atoms with Crippen LogP contribution < -0.4 is 4.90 Å². The smallest absolute Gasteiger partial charge is 0.341 e. The summed E-state index contributed by atoms with van der Waals surface area (Å²) in [7, 11) is 3.42. The Labute approximate surface area is 114 Å². The van der Waals surface area contributed by atoms with E-state index in [0.717, 1.165) is 6.42 Å². The number of aryl methyl sites for hydroxylation is 2. The van der Waals surface area contributed by atoms with E-state index >= 15 is 0 Å². The van der Waals surface area contributed by atoms with Crippen LogP contribution in [0.5, 0.6) is 0 Å². The summed E-state index contributed by atoms with van der Waals surface area (Å²) in [5, 5.41) is 13.6. The van der Waals surface area contributed by atoms with Crippen LogP contribution in [-0.4, -0.2) is 47.2 Å². The molecule has 0 aliphatic heterocycles. The van der Waals surface area contributed by atoms with Crippen LogP contribution in [0.1, 0.15) is 36.3 Å². The summed E-state index contributed by atoms with van der Waals surface area (Å²) in [4.78, 5) is 13.5. The van der Waals surface area contributed by atoms with Gasteiger partial charge < -0.3 is 14.7 Å². The number of aromatic carboxylic acids is 1. The normalized spacial score (nSPS) is 12.5. The number of rotatable bonds is 7. The summed E-state index contributed by atoms with van der Waals surface area (Å²) in [6.07, 6.45) is 0.924. The highest BCUT2D eigenvalue weighted by molar-refractivity contribution is 5.95. The fraction of sp³-hybridized carbons (Fsp3) is 0.692. The van der Waals surface area contributed by atoms with Gasteiger partial charge in [0, 0.05) is 26.7 Å². The molecule has 0 spiro atoms. The van der Waals surface area contributed by atoms with Gasteiger partial charge in [-0.15, -0.1) is 0 Å². The van der Waals surface area contributed by atoms with Gasteiger partial charge in [0.2, 0.25) is 0 Å². The van der Waals surface area contributed by atoms with E-state index in [1.54, 1.807) is 25.8 Å². The largest absolute Gasteiger partial charge is 0.477 e. The maximum absolute atomic E-state index is 11.4. The van der Waals surface area contributed by atoms with Crippen molar-refractivity contribution >= 4 is 11.8 Å². The maximum atomic E-state index is 11.4. The lowest BCUT2D eigenvalue weighted by Crippen LogP contribution is -2.37. The first-order valence-corrected chi connectivity index (χ1v) is 6.46. The van der Waals surface area contributed by atoms with Crippen molar-refractivity contribution in [3.63, 3.8) is 0 Å². The summed E-state index contributed by atoms with van der Waals surface area (Å²) in [6, 6.07) is 0.225. The highest BCUT2D eigenvalue weighted by atomic mass is 16.5. The number of ether oxygens (including phenoxy) is 1. The van der Waals surface area contributed by atoms with Crippen molar-refractivity contribution in [3.8, 4) is 0 Å². The summed E-state index contributed by atoms with van der Waals surface area (Å²) in [5.41, 5.74) is 0.814. The SMILES string of the molecule is CCC(C)N(CCOC)c1c(C(=O)O)c(C)nn1C. The molecule has 1 N–H and O–H groups in total. The molecule has 0 aliphatic rings. The second kappa shape index (κ2) is 6.56. The Kier molecular flexibility index (Phi) is 5.35. The molecule has 19 heavy (non-hydrogen) atoms. The molecule has 6 nitrogen and oxygen atoms in total. The molecule has 1 atom stereocenters. The number of methoxy groups -OCH3 is 1. The summed E-state index contributed by atoms with van der Waals surface area (Å²) in [5.74, 6) is -0.289. The van der Waals surface area contributed by atoms with Gasteiger partial charge in [-0.2, -0.15) is 5.10 Å². The van der Waals surface area contributed by atoms with E-state index in [0.29, 0.717) is 24.7 Å². The molecule has 1 unspecified atom stereocenters. The fourth-order valence-electron chi connectivity index (χ4n) is 2.17. The predicted octanol–water partition coefficient (Wildman–Crippen LogP) is 1.68. The Balaban J connectivity index is 3.24. The molecule has 0 bridgehead atoms. The fourth-order valence-corrected chi connectivity index (χ4v) is 2.17. The van der Waals surface area contributed by atoms with Gasteiger partial charge in [-0.05, 0) is 20.3 Å². The zero-order chi connectivity index (χ0) is 14.6. The van der Waals surface area contributed by atoms with Gasteiger partial charge in [0.15, 0.2) is 0 Å². The molecular weight excluding hydrogens is 246 g/mol. The second-order valence-electron chi connectivity index (χ2n) is 4.66. The number of hydrogen-bond donors (Lipinski definition) is 1. The first-order chi connectivity index (χ1) is 8.93. The van der Waals surface area contributed by atoms with E-state index in [2.05, 4.69) is 18.9 Å². The van der Waals surface area contributed by atoms with Crippen molar-refractivity contribution in [2.45, 2.75) is 33.2 Å². The van der Waals surface area contributed by atoms with E-state index in [-0.39, 0.29) is 11.6 Å². The van der Waals surface area contributed by atoms with Crippen LogP contribution in [0, 0.1) is 6.92 Å². The third-order valence-electron chi connectivity index (χ3n) is 3.34. The Bertz CT molecular complexity index is 443. The lowest BCUT2D eigenvalue weighted by atomic mass is 10.1. The molecule has 0 radical (unpaired) electrons. The Morgan fingerprint density at radius 3 is 2.68 bits per heavy atom. The van der Waals surface area contributed by atoms with Crippen molar-refractivity contribution < 1.29 is 14.6 Å². The van der Waals surface area contributed by atoms with Crippen LogP contribution in [0.25, 0.3) is 0 Å². The van der Waals surface area contributed by atoms with Gasteiger partial charge in [0.05, 0.1) is 12.3 Å². The van der Waals surface area contributed by atoms with Crippen molar-refractivity contribution in [1.82, 2.24) is 9.78 Å². The van der Waals surface area contributed by atoms with Crippen LogP contribution >= 0.6 is 0 Å². The van der Waals surface area contributed by atoms with E-state index in [9.17, 15) is 9.90 Å². The van der Waals surface area contributed by atoms with Crippen LogP contribution in [-0.2, 0) is 11.8 Å². The van der Waals surface area contributed by atoms with Gasteiger partial charge in [-0.3, -0.25) is 4.68 Å². The highest BCUT2D eigenvalue weighted by Gasteiger charge is 2.26. The molecule has 1 aromatic heterocycles. The molecule has 0 fully saturated rings. The molecule has 108 valence electrons. The topological polar surface area (TPSA) is 67.6 Å². The average Bonchev–Trinajstić information content (AvgIpc) is 2.64. The molecule has 6 heteroatoms. The maximum Gasteiger partial charge on any atom is 0.341 e. The third kappa shape index (κ3) is 3.26. The summed E-state index contributed by atoms with van der Waals surface area (Å²) >= 11 is 0. The molecule has 1 heterocycles. The number of nitrogens with zero attached hydrogens (tertiary/aromatic N) is 3. The van der Waals surface area contributed by atoms with Crippen LogP contribution in [0.15, 0.2) is 0 Å². The third-order valence-corrected chi connectivity index (χ3v) is 3.34. The van der Waals surface area contributed by atoms with Crippen LogP contribution in [0.2, 0.25) is 0 Å². The molecule has 0 aliphatic carbocycles. The summed E-state index contributed by atoms with van der Waals surface area (Å²) in [6.45, 7) is 7.06. The average molecular weight is 269 g/mol. The van der Waals surface area contributed by atoms with E-state index in [1.165, 1.54) is 0 Å². The van der Waals surface area contributed by atoms with Gasteiger partial charge in [-0.1, -0.05) is 6.92 Å². The lowest BCUT2D eigenvalue weighted by molar-refractivity contribution is 0.0696. The molecule has 0 amide bonds. The van der Waals surface area contributed by atoms with Gasteiger partial charge >= 0.3 is 5.97 Å². The monoisotopic (exact) mass is 269 g/mol. The van der Waals surface area contributed by atoms with Crippen molar-refractivity contribution in [2.75, 3.05) is 25.2 Å². The quantitative estimate of drug-likeness (QED) is 0.815. The Morgan fingerprint density at radius 2 is 2.21 bits per heavy atom. The predicted molar refractivity (Wildman–Crippen MR) is 73.9 cm³/mol. The Hall–Kier alpha value is -1.56. The van der Waals surface area contributed by atoms with Crippen molar-refractivity contribution in [2.24, 2.45) is 7.05 Å². The summed E-state index contributed by atoms with van der Waals surface area (Å²) < 4.78 is 6.76. The van der Waals surface area contributed by atoms with E-state index < -0.39 is 5.97 Å². The van der Waals surface area contributed by atoms with E-state index in [4.69, 9.17) is 4.74 Å². The van der Waals surface area contributed by atoms with Gasteiger partial charge in [0.1, 0.15) is 11.4 Å². The number of carboxylic acid groups (broad SMARTS) is 1. The molecule has 0 saturated carbocycles. The minimum atomic E-state index is -0.939.